The number of nitrogens with two attached hydrogens (primary N) is 1. The third-order valence-electron chi connectivity index (χ3n) is 2.63. The molecule has 122 valence electrons. The number of hydrogen-bond acceptors (Lipinski definition) is 6. The van der Waals surface area contributed by atoms with E-state index in [2.05, 4.69) is 10.6 Å². The summed E-state index contributed by atoms with van der Waals surface area (Å²) in [5.74, 6) is -0.979. The normalized spacial score (nSPS) is 10.6. The second-order valence-corrected chi connectivity index (χ2v) is 4.78. The van der Waals surface area contributed by atoms with Crippen LogP contribution < -0.4 is 16.4 Å². The van der Waals surface area contributed by atoms with E-state index >= 15 is 0 Å². The number of hydrogen-bond donors (Lipinski definition) is 3. The Morgan fingerprint density at radius 2 is 2.22 bits per heavy atom. The number of anilines is 2. The molecule has 0 heterocycles. The minimum atomic E-state index is -0.622. The maximum absolute atomic E-state index is 12.0. The Bertz CT molecular complexity index is 653. The van der Waals surface area contributed by atoms with Gasteiger partial charge < -0.3 is 21.1 Å². The molecule has 0 aliphatic heterocycles. The number of nitriles is 1. The second-order valence-electron chi connectivity index (χ2n) is 4.37. The number of carbonyl (C=O) groups is 2. The molecule has 23 heavy (non-hydrogen) atoms. The van der Waals surface area contributed by atoms with Gasteiger partial charge in [0, 0.05) is 18.4 Å². The Morgan fingerprint density at radius 1 is 1.48 bits per heavy atom. The Hall–Kier alpha value is -2.72. The molecular weight excluding hydrogens is 320 g/mol. The Balaban J connectivity index is 2.59. The molecule has 0 saturated carbocycles. The summed E-state index contributed by atoms with van der Waals surface area (Å²) < 4.78 is 4.76. The first-order chi connectivity index (χ1) is 11.0. The first-order valence-corrected chi connectivity index (χ1v) is 7.21. The van der Waals surface area contributed by atoms with Crippen LogP contribution >= 0.6 is 11.6 Å². The van der Waals surface area contributed by atoms with Crippen molar-refractivity contribution in [3.63, 3.8) is 0 Å². The molecule has 0 radical (unpaired) electrons. The number of benzene rings is 1. The molecular formula is C15H17ClN4O3. The van der Waals surface area contributed by atoms with Gasteiger partial charge in [-0.1, -0.05) is 11.6 Å². The van der Waals surface area contributed by atoms with Crippen molar-refractivity contribution < 1.29 is 14.3 Å². The van der Waals surface area contributed by atoms with E-state index in [1.54, 1.807) is 25.1 Å². The van der Waals surface area contributed by atoms with Crippen molar-refractivity contribution in [1.82, 2.24) is 5.32 Å². The van der Waals surface area contributed by atoms with Gasteiger partial charge in [-0.3, -0.25) is 9.59 Å². The predicted molar refractivity (Wildman–Crippen MR) is 87.4 cm³/mol. The van der Waals surface area contributed by atoms with E-state index in [0.29, 0.717) is 18.0 Å². The third kappa shape index (κ3) is 6.28. The average Bonchev–Trinajstić information content (AvgIpc) is 2.50. The van der Waals surface area contributed by atoms with Crippen LogP contribution in [0, 0.1) is 11.3 Å². The zero-order valence-corrected chi connectivity index (χ0v) is 13.3. The Kier molecular flexibility index (Phi) is 7.43. The summed E-state index contributed by atoms with van der Waals surface area (Å²) in [4.78, 5) is 23.1. The van der Waals surface area contributed by atoms with Crippen LogP contribution in [0.4, 0.5) is 11.4 Å². The lowest BCUT2D eigenvalue weighted by atomic mass is 10.2. The number of amides is 1. The van der Waals surface area contributed by atoms with Crippen molar-refractivity contribution in [2.75, 3.05) is 24.2 Å². The predicted octanol–water partition coefficient (Wildman–Crippen LogP) is 1.81. The zero-order valence-electron chi connectivity index (χ0n) is 12.6. The minimum Gasteiger partial charge on any atom is -0.466 e. The first-order valence-electron chi connectivity index (χ1n) is 6.83. The fourth-order valence-electron chi connectivity index (χ4n) is 1.55. The number of nitrogens with zero attached hydrogens (tertiary/aromatic N) is 1. The molecule has 0 saturated heterocycles. The molecule has 0 fully saturated rings. The third-order valence-corrected chi connectivity index (χ3v) is 2.94. The van der Waals surface area contributed by atoms with E-state index < -0.39 is 5.91 Å². The fourth-order valence-corrected chi connectivity index (χ4v) is 1.79. The highest BCUT2D eigenvalue weighted by molar-refractivity contribution is 6.34. The summed E-state index contributed by atoms with van der Waals surface area (Å²) in [6, 6.07) is 6.38. The number of carbonyl (C=O) groups excluding carboxylic acids is 2. The monoisotopic (exact) mass is 336 g/mol. The number of esters is 1. The summed E-state index contributed by atoms with van der Waals surface area (Å²) in [5, 5.41) is 14.5. The Morgan fingerprint density at radius 3 is 2.83 bits per heavy atom. The highest BCUT2D eigenvalue weighted by atomic mass is 35.5. The van der Waals surface area contributed by atoms with Gasteiger partial charge in [0.25, 0.3) is 5.91 Å². The molecule has 1 aromatic carbocycles. The SMILES string of the molecule is CCOC(=O)CCN/C=C(/C#N)C(=O)Nc1ccc(N)cc1Cl. The van der Waals surface area contributed by atoms with E-state index in [-0.39, 0.29) is 29.5 Å². The lowest BCUT2D eigenvalue weighted by Crippen LogP contribution is -2.19. The summed E-state index contributed by atoms with van der Waals surface area (Å²) in [5.41, 5.74) is 6.22. The van der Waals surface area contributed by atoms with Crippen molar-refractivity contribution in [2.24, 2.45) is 0 Å². The van der Waals surface area contributed by atoms with Gasteiger partial charge in [-0.2, -0.15) is 5.26 Å². The van der Waals surface area contributed by atoms with Gasteiger partial charge in [0.05, 0.1) is 23.7 Å². The van der Waals surface area contributed by atoms with E-state index in [1.807, 2.05) is 0 Å². The van der Waals surface area contributed by atoms with Crippen LogP contribution in [-0.2, 0) is 14.3 Å². The molecule has 0 unspecified atom stereocenters. The van der Waals surface area contributed by atoms with Gasteiger partial charge in [-0.15, -0.1) is 0 Å². The zero-order chi connectivity index (χ0) is 17.2. The van der Waals surface area contributed by atoms with Gasteiger partial charge >= 0.3 is 5.97 Å². The number of ether oxygens (including phenoxy) is 1. The van der Waals surface area contributed by atoms with Crippen molar-refractivity contribution in [1.29, 1.82) is 5.26 Å². The molecule has 0 aliphatic rings. The van der Waals surface area contributed by atoms with E-state index in [1.165, 1.54) is 12.3 Å². The molecule has 7 nitrogen and oxygen atoms in total. The van der Waals surface area contributed by atoms with E-state index in [0.717, 1.165) is 0 Å². The highest BCUT2D eigenvalue weighted by Crippen LogP contribution is 2.24. The second kappa shape index (κ2) is 9.33. The maximum atomic E-state index is 12.0. The van der Waals surface area contributed by atoms with Crippen LogP contribution in [0.1, 0.15) is 13.3 Å². The molecule has 1 aromatic rings. The van der Waals surface area contributed by atoms with Crippen LogP contribution in [0.15, 0.2) is 30.0 Å². The standard InChI is InChI=1S/C15H17ClN4O3/c1-2-23-14(21)5-6-19-9-10(8-17)15(22)20-13-4-3-11(18)7-12(13)16/h3-4,7,9,19H,2,5-6,18H2,1H3,(H,20,22)/b10-9-. The molecule has 4 N–H and O–H groups in total. The van der Waals surface area contributed by atoms with Gasteiger partial charge in [0.2, 0.25) is 0 Å². The number of halogens is 1. The van der Waals surface area contributed by atoms with Crippen molar-refractivity contribution >= 4 is 34.9 Å². The number of nitrogens with one attached hydrogen (secondary N) is 2. The summed E-state index contributed by atoms with van der Waals surface area (Å²) in [7, 11) is 0. The van der Waals surface area contributed by atoms with Gasteiger partial charge in [-0.25, -0.2) is 0 Å². The molecule has 1 amide bonds. The van der Waals surface area contributed by atoms with Crippen LogP contribution in [0.2, 0.25) is 5.02 Å². The van der Waals surface area contributed by atoms with E-state index in [9.17, 15) is 9.59 Å². The smallest absolute Gasteiger partial charge is 0.307 e. The molecule has 1 rings (SSSR count). The van der Waals surface area contributed by atoms with Crippen LogP contribution in [0.3, 0.4) is 0 Å². The highest BCUT2D eigenvalue weighted by Gasteiger charge is 2.11. The van der Waals surface area contributed by atoms with Crippen molar-refractivity contribution in [3.8, 4) is 6.07 Å². The minimum absolute atomic E-state index is 0.133. The summed E-state index contributed by atoms with van der Waals surface area (Å²) in [6.45, 7) is 2.27. The maximum Gasteiger partial charge on any atom is 0.307 e. The molecule has 0 aromatic heterocycles. The Labute approximate surface area is 139 Å². The van der Waals surface area contributed by atoms with Gasteiger partial charge in [0.1, 0.15) is 11.6 Å². The fraction of sp³-hybridized carbons (Fsp3) is 0.267. The van der Waals surface area contributed by atoms with E-state index in [4.69, 9.17) is 27.3 Å². The lowest BCUT2D eigenvalue weighted by molar-refractivity contribution is -0.142. The van der Waals surface area contributed by atoms with Crippen LogP contribution in [-0.4, -0.2) is 25.0 Å². The first kappa shape index (κ1) is 18.3. The lowest BCUT2D eigenvalue weighted by Gasteiger charge is -2.07. The van der Waals surface area contributed by atoms with Crippen LogP contribution in [0.25, 0.3) is 0 Å². The largest absolute Gasteiger partial charge is 0.466 e. The average molecular weight is 337 g/mol. The van der Waals surface area contributed by atoms with Crippen LogP contribution in [0.5, 0.6) is 0 Å². The number of nitrogen functional groups attached to an aromatic ring is 1. The van der Waals surface area contributed by atoms with Crippen molar-refractivity contribution in [3.05, 3.63) is 35.0 Å². The quantitative estimate of drug-likeness (QED) is 0.230. The van der Waals surface area contributed by atoms with Crippen molar-refractivity contribution in [2.45, 2.75) is 13.3 Å². The topological polar surface area (TPSA) is 117 Å². The molecule has 0 bridgehead atoms. The molecule has 0 atom stereocenters. The summed E-state index contributed by atoms with van der Waals surface area (Å²) in [6.07, 6.45) is 1.37. The van der Waals surface area contributed by atoms with Gasteiger partial charge in [-0.05, 0) is 25.1 Å². The molecule has 8 heteroatoms. The van der Waals surface area contributed by atoms with Gasteiger partial charge in [0.15, 0.2) is 0 Å². The number of rotatable bonds is 7. The molecule has 0 aliphatic carbocycles. The molecule has 0 spiro atoms. The summed E-state index contributed by atoms with van der Waals surface area (Å²) >= 11 is 5.95.